The molecule has 0 rings (SSSR count). The Balaban J connectivity index is 4.75. The van der Waals surface area contributed by atoms with Gasteiger partial charge in [0.15, 0.2) is 6.10 Å². The normalized spacial score (nSPS) is 16.0. The first kappa shape index (κ1) is 57.8. The number of unbranched alkanes of at least 4 members (excludes halogenated alkanes) is 6. The number of aliphatic hydroxyl groups excluding tert-OH is 3. The molecule has 0 aromatic heterocycles. The van der Waals surface area contributed by atoms with Crippen LogP contribution in [0, 0.1) is 0 Å². The molecule has 5 atom stereocenters. The van der Waals surface area contributed by atoms with Crippen LogP contribution in [0.5, 0.6) is 0 Å². The third-order valence-corrected chi connectivity index (χ3v) is 9.95. The van der Waals surface area contributed by atoms with E-state index in [1.165, 1.54) is 6.08 Å². The van der Waals surface area contributed by atoms with Gasteiger partial charge in [0, 0.05) is 12.8 Å². The summed E-state index contributed by atoms with van der Waals surface area (Å²) in [6, 6.07) is 0. The molecule has 0 fully saturated rings. The summed E-state index contributed by atoms with van der Waals surface area (Å²) in [5, 5.41) is 30.6. The lowest BCUT2D eigenvalue weighted by Gasteiger charge is -2.24. The second-order valence-electron chi connectivity index (χ2n) is 15.9. The summed E-state index contributed by atoms with van der Waals surface area (Å²) in [5.74, 6) is -1.17. The zero-order valence-electron chi connectivity index (χ0n) is 37.9. The van der Waals surface area contributed by atoms with Gasteiger partial charge in [-0.2, -0.15) is 0 Å². The zero-order valence-corrected chi connectivity index (χ0v) is 38.8. The number of phosphoric ester groups is 1. The fourth-order valence-electron chi connectivity index (χ4n) is 5.33. The maximum atomic E-state index is 12.7. The summed E-state index contributed by atoms with van der Waals surface area (Å²) in [7, 11) is 1.23. The van der Waals surface area contributed by atoms with Crippen LogP contribution >= 0.6 is 7.82 Å². The number of ether oxygens (including phenoxy) is 2. The van der Waals surface area contributed by atoms with Crippen LogP contribution in [-0.2, 0) is 32.7 Å². The first-order valence-corrected chi connectivity index (χ1v) is 23.8. The van der Waals surface area contributed by atoms with E-state index in [1.54, 1.807) is 42.5 Å². The van der Waals surface area contributed by atoms with E-state index < -0.39 is 50.8 Å². The smallest absolute Gasteiger partial charge is 0.462 e. The zero-order chi connectivity index (χ0) is 45.5. The van der Waals surface area contributed by atoms with E-state index in [1.807, 2.05) is 21.1 Å². The van der Waals surface area contributed by atoms with E-state index in [-0.39, 0.29) is 38.9 Å². The standard InChI is InChI=1S/C48H80NO11P/c1-6-8-10-11-12-13-14-15-16-17-18-19-20-21-22-27-31-37-47(53)57-41-44(42-59-61(55,56)58-40-39-49(3,4)5)60-48(54)38-32-36-46(52)45(51)35-30-26-24-23-25-29-34-43(50)33-28-9-7-2/h8,10,12-13,15-16,18-19,23-26,29-30,34-35,43-46,50-52H,6-7,9,11,14,17,20-22,27-28,31-33,36-42H2,1-5H3/p+1/b10-8-,13-12-,16-15-,19-18-,25-23-,26-24+,34-29+,35-30+/t43-,44+,45-,46-/m0/s1. The summed E-state index contributed by atoms with van der Waals surface area (Å²) >= 11 is 0. The molecule has 13 heteroatoms. The second kappa shape index (κ2) is 38.5. The van der Waals surface area contributed by atoms with Crippen molar-refractivity contribution in [3.63, 3.8) is 0 Å². The molecule has 0 bridgehead atoms. The van der Waals surface area contributed by atoms with Crippen LogP contribution in [0.1, 0.15) is 123 Å². The Labute approximate surface area is 368 Å². The fourth-order valence-corrected chi connectivity index (χ4v) is 6.07. The molecule has 0 aliphatic rings. The Hall–Kier alpha value is -3.19. The molecule has 1 unspecified atom stereocenters. The number of hydrogen-bond donors (Lipinski definition) is 4. The summed E-state index contributed by atoms with van der Waals surface area (Å²) in [6.45, 7) is 3.74. The molecule has 0 saturated carbocycles. The minimum absolute atomic E-state index is 0.0421. The third-order valence-electron chi connectivity index (χ3n) is 8.96. The molecule has 0 spiro atoms. The van der Waals surface area contributed by atoms with Gasteiger partial charge in [-0.3, -0.25) is 18.6 Å². The molecular formula is C48H81NO11P+. The lowest BCUT2D eigenvalue weighted by atomic mass is 10.1. The van der Waals surface area contributed by atoms with Gasteiger partial charge in [0.2, 0.25) is 0 Å². The average molecular weight is 879 g/mol. The van der Waals surface area contributed by atoms with Gasteiger partial charge in [-0.1, -0.05) is 143 Å². The van der Waals surface area contributed by atoms with Gasteiger partial charge in [0.05, 0.1) is 46.1 Å². The van der Waals surface area contributed by atoms with Crippen molar-refractivity contribution in [2.45, 2.75) is 147 Å². The lowest BCUT2D eigenvalue weighted by Crippen LogP contribution is -2.37. The molecule has 4 N–H and O–H groups in total. The van der Waals surface area contributed by atoms with E-state index in [0.29, 0.717) is 17.4 Å². The van der Waals surface area contributed by atoms with E-state index in [9.17, 15) is 34.4 Å². The van der Waals surface area contributed by atoms with Crippen molar-refractivity contribution in [2.24, 2.45) is 0 Å². The predicted molar refractivity (Wildman–Crippen MR) is 246 cm³/mol. The molecule has 0 aliphatic heterocycles. The molecule has 12 nitrogen and oxygen atoms in total. The summed E-state index contributed by atoms with van der Waals surface area (Å²) in [5.41, 5.74) is 0. The number of quaternary nitrogens is 1. The van der Waals surface area contributed by atoms with Crippen molar-refractivity contribution < 1.29 is 57.4 Å². The van der Waals surface area contributed by atoms with Crippen LogP contribution < -0.4 is 0 Å². The molecule has 0 aliphatic carbocycles. The van der Waals surface area contributed by atoms with Crippen LogP contribution in [0.15, 0.2) is 97.2 Å². The fraction of sp³-hybridized carbons (Fsp3) is 0.625. The number of carbonyl (C=O) groups is 2. The second-order valence-corrected chi connectivity index (χ2v) is 17.4. The molecule has 0 amide bonds. The van der Waals surface area contributed by atoms with Gasteiger partial charge in [0.25, 0.3) is 0 Å². The molecule has 0 radical (unpaired) electrons. The number of rotatable bonds is 38. The number of carbonyl (C=O) groups excluding carboxylic acids is 2. The molecule has 0 heterocycles. The van der Waals surface area contributed by atoms with Crippen molar-refractivity contribution in [3.05, 3.63) is 97.2 Å². The highest BCUT2D eigenvalue weighted by molar-refractivity contribution is 7.47. The van der Waals surface area contributed by atoms with Crippen molar-refractivity contribution in [1.82, 2.24) is 0 Å². The first-order chi connectivity index (χ1) is 29.2. The Bertz CT molecular complexity index is 1410. The van der Waals surface area contributed by atoms with Gasteiger partial charge < -0.3 is 34.2 Å². The first-order valence-electron chi connectivity index (χ1n) is 22.3. The van der Waals surface area contributed by atoms with Crippen molar-refractivity contribution in [3.8, 4) is 0 Å². The Kier molecular flexibility index (Phi) is 36.5. The maximum Gasteiger partial charge on any atom is 0.472 e. The number of likely N-dealkylation sites (N-methyl/N-ethyl adjacent to an activating group) is 1. The maximum absolute atomic E-state index is 12.7. The Morgan fingerprint density at radius 2 is 1.23 bits per heavy atom. The van der Waals surface area contributed by atoms with Gasteiger partial charge in [-0.25, -0.2) is 4.57 Å². The molecular weight excluding hydrogens is 797 g/mol. The number of aliphatic hydroxyl groups is 3. The third kappa shape index (κ3) is 40.6. The van der Waals surface area contributed by atoms with Gasteiger partial charge >= 0.3 is 19.8 Å². The van der Waals surface area contributed by atoms with Crippen LogP contribution in [0.4, 0.5) is 0 Å². The van der Waals surface area contributed by atoms with Gasteiger partial charge in [-0.15, -0.1) is 0 Å². The lowest BCUT2D eigenvalue weighted by molar-refractivity contribution is -0.870. The average Bonchev–Trinajstić information content (AvgIpc) is 3.20. The van der Waals surface area contributed by atoms with Crippen molar-refractivity contribution in [1.29, 1.82) is 0 Å². The van der Waals surface area contributed by atoms with Crippen LogP contribution in [0.2, 0.25) is 0 Å². The van der Waals surface area contributed by atoms with Crippen LogP contribution in [0.25, 0.3) is 0 Å². The van der Waals surface area contributed by atoms with E-state index in [4.69, 9.17) is 18.5 Å². The predicted octanol–water partition coefficient (Wildman–Crippen LogP) is 9.49. The molecule has 348 valence electrons. The van der Waals surface area contributed by atoms with E-state index in [2.05, 4.69) is 62.5 Å². The largest absolute Gasteiger partial charge is 0.472 e. The van der Waals surface area contributed by atoms with Crippen LogP contribution in [-0.4, -0.2) is 109 Å². The molecule has 61 heavy (non-hydrogen) atoms. The number of nitrogens with zero attached hydrogens (tertiary/aromatic N) is 1. The molecule has 0 aromatic rings. The van der Waals surface area contributed by atoms with Crippen LogP contribution in [0.3, 0.4) is 0 Å². The SMILES string of the molecule is CC/C=C\C/C=C\C/C=C\C/C=C\CCCCCCC(=O)OC[C@H](COP(=O)(O)OCC[N+](C)(C)C)OC(=O)CCC[C@H](O)[C@@H](O)/C=C/C=C/C=C\C=C\[C@@H](O)CCCCC. The van der Waals surface area contributed by atoms with Gasteiger partial charge in [0.1, 0.15) is 19.8 Å². The Morgan fingerprint density at radius 1 is 0.639 bits per heavy atom. The highest BCUT2D eigenvalue weighted by Gasteiger charge is 2.27. The van der Waals surface area contributed by atoms with E-state index in [0.717, 1.165) is 77.0 Å². The highest BCUT2D eigenvalue weighted by Crippen LogP contribution is 2.43. The molecule has 0 aromatic carbocycles. The topological polar surface area (TPSA) is 169 Å². The minimum Gasteiger partial charge on any atom is -0.462 e. The monoisotopic (exact) mass is 879 g/mol. The number of phosphoric acid groups is 1. The summed E-state index contributed by atoms with van der Waals surface area (Å²) in [4.78, 5) is 35.4. The quantitative estimate of drug-likeness (QED) is 0.0116. The molecule has 0 saturated heterocycles. The Morgan fingerprint density at radius 3 is 1.87 bits per heavy atom. The minimum atomic E-state index is -4.49. The number of hydrogen-bond acceptors (Lipinski definition) is 10. The van der Waals surface area contributed by atoms with Crippen molar-refractivity contribution >= 4 is 19.8 Å². The number of esters is 2. The van der Waals surface area contributed by atoms with Gasteiger partial charge in [-0.05, 0) is 64.2 Å². The number of allylic oxidation sites excluding steroid dienone is 14. The summed E-state index contributed by atoms with van der Waals surface area (Å²) in [6.07, 6.45) is 39.7. The highest BCUT2D eigenvalue weighted by atomic mass is 31.2. The van der Waals surface area contributed by atoms with E-state index >= 15 is 0 Å². The summed E-state index contributed by atoms with van der Waals surface area (Å²) < 4.78 is 34.0. The van der Waals surface area contributed by atoms with Crippen molar-refractivity contribution in [2.75, 3.05) is 47.5 Å².